The number of benzene rings is 1. The van der Waals surface area contributed by atoms with E-state index in [0.29, 0.717) is 6.54 Å². The van der Waals surface area contributed by atoms with Gasteiger partial charge in [-0.05, 0) is 62.6 Å². The summed E-state index contributed by atoms with van der Waals surface area (Å²) in [6.45, 7) is 5.01. The van der Waals surface area contributed by atoms with Crippen molar-refractivity contribution in [1.29, 1.82) is 0 Å². The monoisotopic (exact) mass is 293 g/mol. The number of nitrogens with one attached hydrogen (secondary N) is 1. The Morgan fingerprint density at radius 1 is 1.29 bits per heavy atom. The first-order chi connectivity index (χ1) is 10.0. The van der Waals surface area contributed by atoms with Gasteiger partial charge in [-0.1, -0.05) is 25.5 Å². The van der Waals surface area contributed by atoms with Gasteiger partial charge in [0.2, 0.25) is 0 Å². The molecule has 1 aliphatic carbocycles. The fourth-order valence-electron chi connectivity index (χ4n) is 3.21. The topological polar surface area (TPSA) is 32.3 Å². The molecule has 0 aromatic heterocycles. The summed E-state index contributed by atoms with van der Waals surface area (Å²) in [6.07, 6.45) is 6.17. The van der Waals surface area contributed by atoms with Gasteiger partial charge in [0.05, 0.1) is 5.60 Å². The number of aliphatic hydroxyl groups is 1. The van der Waals surface area contributed by atoms with Crippen LogP contribution in [-0.4, -0.2) is 23.3 Å². The van der Waals surface area contributed by atoms with Gasteiger partial charge in [0.25, 0.3) is 0 Å². The van der Waals surface area contributed by atoms with Gasteiger partial charge in [-0.2, -0.15) is 0 Å². The van der Waals surface area contributed by atoms with E-state index in [1.54, 1.807) is 0 Å². The maximum absolute atomic E-state index is 12.9. The van der Waals surface area contributed by atoms with Gasteiger partial charge in [0.1, 0.15) is 5.82 Å². The Labute approximate surface area is 127 Å². The summed E-state index contributed by atoms with van der Waals surface area (Å²) in [5, 5.41) is 14.1. The Morgan fingerprint density at radius 3 is 2.48 bits per heavy atom. The van der Waals surface area contributed by atoms with Crippen LogP contribution in [-0.2, 0) is 6.42 Å². The summed E-state index contributed by atoms with van der Waals surface area (Å²) in [4.78, 5) is 0. The van der Waals surface area contributed by atoms with Crippen molar-refractivity contribution >= 4 is 0 Å². The molecule has 3 heteroatoms. The molecule has 1 aromatic carbocycles. The normalized spacial score (nSPS) is 27.5. The highest BCUT2D eigenvalue weighted by Gasteiger charge is 2.32. The van der Waals surface area contributed by atoms with Gasteiger partial charge in [0.15, 0.2) is 0 Å². The van der Waals surface area contributed by atoms with E-state index in [9.17, 15) is 9.50 Å². The fraction of sp³-hybridized carbons (Fsp3) is 0.667. The van der Waals surface area contributed by atoms with Crippen LogP contribution in [0.5, 0.6) is 0 Å². The standard InChI is InChI=1S/C18H28FNO/c1-3-15-8-10-18(21,11-9-15)13-20-14(2)12-16-4-6-17(19)7-5-16/h4-7,14-15,20-21H,3,8-13H2,1-2H3. The summed E-state index contributed by atoms with van der Waals surface area (Å²) in [5.74, 6) is 0.600. The largest absolute Gasteiger partial charge is 0.389 e. The Morgan fingerprint density at radius 2 is 1.90 bits per heavy atom. The average Bonchev–Trinajstić information content (AvgIpc) is 2.49. The van der Waals surface area contributed by atoms with Crippen LogP contribution in [0.4, 0.5) is 4.39 Å². The van der Waals surface area contributed by atoms with Gasteiger partial charge in [-0.15, -0.1) is 0 Å². The van der Waals surface area contributed by atoms with E-state index in [0.717, 1.165) is 43.6 Å². The first kappa shape index (κ1) is 16.4. The third kappa shape index (κ3) is 5.08. The summed E-state index contributed by atoms with van der Waals surface area (Å²) in [7, 11) is 0. The Bertz CT molecular complexity index is 423. The minimum atomic E-state index is -0.539. The predicted octanol–water partition coefficient (Wildman–Crippen LogP) is 3.68. The molecule has 1 fully saturated rings. The van der Waals surface area contributed by atoms with Crippen LogP contribution in [0.25, 0.3) is 0 Å². The smallest absolute Gasteiger partial charge is 0.123 e. The van der Waals surface area contributed by atoms with E-state index in [1.807, 2.05) is 12.1 Å². The first-order valence-electron chi connectivity index (χ1n) is 8.21. The zero-order chi connectivity index (χ0) is 15.3. The quantitative estimate of drug-likeness (QED) is 0.838. The van der Waals surface area contributed by atoms with Crippen molar-refractivity contribution in [3.8, 4) is 0 Å². The third-order valence-corrected chi connectivity index (χ3v) is 4.85. The van der Waals surface area contributed by atoms with Crippen LogP contribution >= 0.6 is 0 Å². The molecule has 0 spiro atoms. The van der Waals surface area contributed by atoms with Crippen LogP contribution in [0.15, 0.2) is 24.3 Å². The SMILES string of the molecule is CCC1CCC(O)(CNC(C)Cc2ccc(F)cc2)CC1. The fourth-order valence-corrected chi connectivity index (χ4v) is 3.21. The Balaban J connectivity index is 1.75. The Hall–Kier alpha value is -0.930. The first-order valence-corrected chi connectivity index (χ1v) is 8.21. The molecule has 1 saturated carbocycles. The molecule has 1 aromatic rings. The molecule has 1 aliphatic rings. The van der Waals surface area contributed by atoms with Crippen molar-refractivity contribution < 1.29 is 9.50 Å². The molecule has 2 N–H and O–H groups in total. The summed E-state index contributed by atoms with van der Waals surface area (Å²) in [6, 6.07) is 6.94. The minimum absolute atomic E-state index is 0.193. The molecule has 21 heavy (non-hydrogen) atoms. The molecular formula is C18H28FNO. The molecule has 0 aliphatic heterocycles. The minimum Gasteiger partial charge on any atom is -0.389 e. The van der Waals surface area contributed by atoms with Crippen molar-refractivity contribution in [3.05, 3.63) is 35.6 Å². The maximum Gasteiger partial charge on any atom is 0.123 e. The van der Waals surface area contributed by atoms with E-state index in [1.165, 1.54) is 18.6 Å². The molecule has 118 valence electrons. The molecule has 0 saturated heterocycles. The zero-order valence-electron chi connectivity index (χ0n) is 13.2. The lowest BCUT2D eigenvalue weighted by atomic mass is 9.78. The maximum atomic E-state index is 12.9. The van der Waals surface area contributed by atoms with Gasteiger partial charge < -0.3 is 10.4 Å². The average molecular weight is 293 g/mol. The van der Waals surface area contributed by atoms with E-state index < -0.39 is 5.60 Å². The van der Waals surface area contributed by atoms with Crippen LogP contribution in [0.3, 0.4) is 0 Å². The van der Waals surface area contributed by atoms with Crippen LogP contribution in [0, 0.1) is 11.7 Å². The lowest BCUT2D eigenvalue weighted by Crippen LogP contribution is -2.46. The van der Waals surface area contributed by atoms with E-state index >= 15 is 0 Å². The van der Waals surface area contributed by atoms with Crippen molar-refractivity contribution in [2.45, 2.75) is 64.0 Å². The van der Waals surface area contributed by atoms with E-state index in [-0.39, 0.29) is 11.9 Å². The van der Waals surface area contributed by atoms with Gasteiger partial charge in [-0.25, -0.2) is 4.39 Å². The van der Waals surface area contributed by atoms with E-state index in [4.69, 9.17) is 0 Å². The van der Waals surface area contributed by atoms with Crippen molar-refractivity contribution in [3.63, 3.8) is 0 Å². The summed E-state index contributed by atoms with van der Waals surface area (Å²) in [5.41, 5.74) is 0.584. The van der Waals surface area contributed by atoms with Crippen molar-refractivity contribution in [2.75, 3.05) is 6.54 Å². The second kappa shape index (κ2) is 7.37. The van der Waals surface area contributed by atoms with Crippen LogP contribution in [0.2, 0.25) is 0 Å². The zero-order valence-corrected chi connectivity index (χ0v) is 13.2. The molecule has 0 heterocycles. The number of hydrogen-bond donors (Lipinski definition) is 2. The molecule has 2 rings (SSSR count). The lowest BCUT2D eigenvalue weighted by molar-refractivity contribution is -0.0102. The highest BCUT2D eigenvalue weighted by atomic mass is 19.1. The Kier molecular flexibility index (Phi) is 5.77. The number of hydrogen-bond acceptors (Lipinski definition) is 2. The highest BCUT2D eigenvalue weighted by molar-refractivity contribution is 5.17. The molecular weight excluding hydrogens is 265 g/mol. The highest BCUT2D eigenvalue weighted by Crippen LogP contribution is 2.33. The molecule has 0 radical (unpaired) electrons. The molecule has 1 unspecified atom stereocenters. The van der Waals surface area contributed by atoms with Crippen LogP contribution in [0.1, 0.15) is 51.5 Å². The third-order valence-electron chi connectivity index (χ3n) is 4.85. The van der Waals surface area contributed by atoms with Gasteiger partial charge in [-0.3, -0.25) is 0 Å². The van der Waals surface area contributed by atoms with Gasteiger partial charge in [0, 0.05) is 12.6 Å². The van der Waals surface area contributed by atoms with Crippen molar-refractivity contribution in [2.24, 2.45) is 5.92 Å². The van der Waals surface area contributed by atoms with Gasteiger partial charge >= 0.3 is 0 Å². The second-order valence-electron chi connectivity index (χ2n) is 6.69. The second-order valence-corrected chi connectivity index (χ2v) is 6.69. The molecule has 0 bridgehead atoms. The summed E-state index contributed by atoms with van der Waals surface area (Å²) >= 11 is 0. The molecule has 2 nitrogen and oxygen atoms in total. The van der Waals surface area contributed by atoms with Crippen molar-refractivity contribution in [1.82, 2.24) is 5.32 Å². The molecule has 0 amide bonds. The molecule has 1 atom stereocenters. The predicted molar refractivity (Wildman–Crippen MR) is 84.8 cm³/mol. The summed E-state index contributed by atoms with van der Waals surface area (Å²) < 4.78 is 12.9. The lowest BCUT2D eigenvalue weighted by Gasteiger charge is -2.36. The van der Waals surface area contributed by atoms with E-state index in [2.05, 4.69) is 19.2 Å². The van der Waals surface area contributed by atoms with Crippen LogP contribution < -0.4 is 5.32 Å². The number of rotatable bonds is 6. The number of halogens is 1.